The number of carbonyl (C=O) groups excluding carboxylic acids is 1. The van der Waals surface area contributed by atoms with Gasteiger partial charge < -0.3 is 5.11 Å². The van der Waals surface area contributed by atoms with E-state index in [1.165, 1.54) is 12.0 Å². The number of Topliss-reactive ketones (excluding diaryl/α,β-unsaturated/α-hetero) is 1. The molecule has 0 aliphatic heterocycles. The minimum absolute atomic E-state index is 0.138. The van der Waals surface area contributed by atoms with E-state index in [1.54, 1.807) is 0 Å². The Morgan fingerprint density at radius 2 is 1.89 bits per heavy atom. The second-order valence-corrected chi connectivity index (χ2v) is 8.33. The first-order chi connectivity index (χ1) is 13.7. The first kappa shape index (κ1) is 17.5. The predicted molar refractivity (Wildman–Crippen MR) is 110 cm³/mol. The van der Waals surface area contributed by atoms with E-state index in [9.17, 15) is 9.90 Å². The number of aliphatic hydroxyl groups excluding tert-OH is 1. The largest absolute Gasteiger partial charge is 0.396 e. The fraction of sp³-hybridized carbons (Fsp3) is 0.346. The van der Waals surface area contributed by atoms with E-state index >= 15 is 0 Å². The molecular formula is C26H24O2. The minimum atomic E-state index is 0.138. The van der Waals surface area contributed by atoms with Crippen molar-refractivity contribution in [1.29, 1.82) is 0 Å². The second kappa shape index (κ2) is 7.08. The van der Waals surface area contributed by atoms with Crippen LogP contribution in [0.1, 0.15) is 57.8 Å². The number of hydrogen-bond donors (Lipinski definition) is 1. The summed E-state index contributed by atoms with van der Waals surface area (Å²) in [4.78, 5) is 12.8. The molecule has 0 saturated heterocycles. The standard InChI is InChI=1S/C26H24O2/c27-16-25-23-8-4-3-6-18(14-24(23)25)20-11-12-22-21(13-20)10-9-17-5-1-2-7-19(17)15-26(22)28/h1-3,5-7,11-13,18,23-25,27H,4,8,14-16H2/b6-3-/t18?,23-,24+,25-/m1/s1. The number of ketones is 1. The van der Waals surface area contributed by atoms with Gasteiger partial charge in [-0.05, 0) is 66.3 Å². The Bertz CT molecular complexity index is 1020. The van der Waals surface area contributed by atoms with Gasteiger partial charge in [-0.1, -0.05) is 48.3 Å². The lowest BCUT2D eigenvalue weighted by atomic mass is 9.86. The quantitative estimate of drug-likeness (QED) is 0.626. The molecule has 28 heavy (non-hydrogen) atoms. The normalized spacial score (nSPS) is 28.8. The van der Waals surface area contributed by atoms with Gasteiger partial charge in [-0.15, -0.1) is 0 Å². The van der Waals surface area contributed by atoms with Crippen LogP contribution in [0.4, 0.5) is 0 Å². The molecule has 4 atom stereocenters. The maximum Gasteiger partial charge on any atom is 0.168 e. The Balaban J connectivity index is 1.50. The van der Waals surface area contributed by atoms with Gasteiger partial charge in [-0.2, -0.15) is 0 Å². The number of fused-ring (bicyclic) bond motifs is 3. The summed E-state index contributed by atoms with van der Waals surface area (Å²) in [6.45, 7) is 0.311. The molecule has 0 amide bonds. The van der Waals surface area contributed by atoms with Crippen molar-refractivity contribution >= 4 is 5.78 Å². The Morgan fingerprint density at radius 1 is 1.04 bits per heavy atom. The Labute approximate surface area is 166 Å². The fourth-order valence-electron chi connectivity index (χ4n) is 5.08. The summed E-state index contributed by atoms with van der Waals surface area (Å²) >= 11 is 0. The average Bonchev–Trinajstić information content (AvgIpc) is 3.35. The van der Waals surface area contributed by atoms with Gasteiger partial charge in [0.1, 0.15) is 0 Å². The Kier molecular flexibility index (Phi) is 4.41. The Hall–Kier alpha value is -2.63. The lowest BCUT2D eigenvalue weighted by Crippen LogP contribution is -2.10. The van der Waals surface area contributed by atoms with Crippen molar-refractivity contribution in [2.24, 2.45) is 17.8 Å². The summed E-state index contributed by atoms with van der Waals surface area (Å²) in [6, 6.07) is 14.1. The smallest absolute Gasteiger partial charge is 0.168 e. The molecule has 2 heteroatoms. The van der Waals surface area contributed by atoms with Gasteiger partial charge in [-0.25, -0.2) is 0 Å². The topological polar surface area (TPSA) is 37.3 Å². The van der Waals surface area contributed by atoms with E-state index in [0.717, 1.165) is 35.1 Å². The SMILES string of the molecule is O=C1Cc2ccccc2C#Cc2cc(C3/C=C\CC[C@H]4[C@@H](CO)[C@H]4C3)ccc21. The number of hydrogen-bond acceptors (Lipinski definition) is 2. The molecule has 0 bridgehead atoms. The van der Waals surface area contributed by atoms with Gasteiger partial charge in [0.25, 0.3) is 0 Å². The van der Waals surface area contributed by atoms with Crippen LogP contribution in [0.5, 0.6) is 0 Å². The van der Waals surface area contributed by atoms with Gasteiger partial charge >= 0.3 is 0 Å². The molecule has 2 aromatic rings. The molecule has 3 aliphatic carbocycles. The molecule has 1 saturated carbocycles. The summed E-state index contributed by atoms with van der Waals surface area (Å²) in [5.41, 5.74) is 4.77. The lowest BCUT2D eigenvalue weighted by molar-refractivity contribution is 0.0992. The van der Waals surface area contributed by atoms with Crippen LogP contribution in [-0.4, -0.2) is 17.5 Å². The number of carbonyl (C=O) groups is 1. The molecular weight excluding hydrogens is 344 g/mol. The first-order valence-electron chi connectivity index (χ1n) is 10.3. The third-order valence-electron chi connectivity index (χ3n) is 6.75. The van der Waals surface area contributed by atoms with Crippen LogP contribution in [0.3, 0.4) is 0 Å². The maximum absolute atomic E-state index is 12.8. The van der Waals surface area contributed by atoms with E-state index in [-0.39, 0.29) is 5.78 Å². The summed E-state index contributed by atoms with van der Waals surface area (Å²) in [6.07, 6.45) is 8.38. The third kappa shape index (κ3) is 3.11. The van der Waals surface area contributed by atoms with Crippen LogP contribution < -0.4 is 0 Å². The average molecular weight is 368 g/mol. The molecule has 1 fully saturated rings. The number of benzene rings is 2. The zero-order chi connectivity index (χ0) is 19.1. The van der Waals surface area contributed by atoms with Crippen LogP contribution in [0.2, 0.25) is 0 Å². The number of rotatable bonds is 2. The summed E-state index contributed by atoms with van der Waals surface area (Å²) in [7, 11) is 0. The van der Waals surface area contributed by atoms with Crippen molar-refractivity contribution in [1.82, 2.24) is 0 Å². The monoisotopic (exact) mass is 368 g/mol. The predicted octanol–water partition coefficient (Wildman–Crippen LogP) is 4.50. The molecule has 0 radical (unpaired) electrons. The molecule has 1 N–H and O–H groups in total. The highest BCUT2D eigenvalue weighted by Gasteiger charge is 2.49. The van der Waals surface area contributed by atoms with Gasteiger partial charge in [0.15, 0.2) is 5.78 Å². The van der Waals surface area contributed by atoms with Crippen LogP contribution >= 0.6 is 0 Å². The van der Waals surface area contributed by atoms with Crippen LogP contribution in [0.15, 0.2) is 54.6 Å². The molecule has 0 aromatic heterocycles. The highest BCUT2D eigenvalue weighted by Crippen LogP contribution is 2.54. The molecule has 2 nitrogen and oxygen atoms in total. The molecule has 0 heterocycles. The summed E-state index contributed by atoms with van der Waals surface area (Å²) in [5, 5.41) is 9.63. The second-order valence-electron chi connectivity index (χ2n) is 8.33. The van der Waals surface area contributed by atoms with Crippen molar-refractivity contribution in [3.05, 3.63) is 82.4 Å². The first-order valence-corrected chi connectivity index (χ1v) is 10.3. The fourth-order valence-corrected chi connectivity index (χ4v) is 5.08. The van der Waals surface area contributed by atoms with E-state index < -0.39 is 0 Å². The minimum Gasteiger partial charge on any atom is -0.396 e. The van der Waals surface area contributed by atoms with Crippen molar-refractivity contribution in [2.75, 3.05) is 6.61 Å². The third-order valence-corrected chi connectivity index (χ3v) is 6.75. The molecule has 1 unspecified atom stereocenters. The molecule has 0 spiro atoms. The zero-order valence-electron chi connectivity index (χ0n) is 15.9. The van der Waals surface area contributed by atoms with Gasteiger partial charge in [-0.3, -0.25) is 4.79 Å². The van der Waals surface area contributed by atoms with E-state index in [1.807, 2.05) is 30.3 Å². The Morgan fingerprint density at radius 3 is 2.79 bits per heavy atom. The lowest BCUT2D eigenvalue weighted by Gasteiger charge is -2.17. The van der Waals surface area contributed by atoms with Gasteiger partial charge in [0, 0.05) is 35.6 Å². The van der Waals surface area contributed by atoms with Crippen molar-refractivity contribution in [3.8, 4) is 11.8 Å². The number of aliphatic hydroxyl groups is 1. The van der Waals surface area contributed by atoms with Gasteiger partial charge in [0.2, 0.25) is 0 Å². The van der Waals surface area contributed by atoms with Crippen LogP contribution in [0.25, 0.3) is 0 Å². The zero-order valence-corrected chi connectivity index (χ0v) is 15.9. The highest BCUT2D eigenvalue weighted by atomic mass is 16.3. The van der Waals surface area contributed by atoms with Crippen molar-refractivity contribution < 1.29 is 9.90 Å². The van der Waals surface area contributed by atoms with Crippen molar-refractivity contribution in [2.45, 2.75) is 31.6 Å². The molecule has 3 aliphatic rings. The maximum atomic E-state index is 12.8. The van der Waals surface area contributed by atoms with E-state index in [2.05, 4.69) is 36.1 Å². The van der Waals surface area contributed by atoms with Crippen LogP contribution in [0, 0.1) is 29.6 Å². The molecule has 5 rings (SSSR count). The summed E-state index contributed by atoms with van der Waals surface area (Å²) < 4.78 is 0. The van der Waals surface area contributed by atoms with Crippen molar-refractivity contribution in [3.63, 3.8) is 0 Å². The molecule has 2 aromatic carbocycles. The van der Waals surface area contributed by atoms with Gasteiger partial charge in [0.05, 0.1) is 0 Å². The number of allylic oxidation sites excluding steroid dienone is 2. The highest BCUT2D eigenvalue weighted by molar-refractivity contribution is 6.00. The van der Waals surface area contributed by atoms with Crippen LogP contribution in [-0.2, 0) is 6.42 Å². The summed E-state index contributed by atoms with van der Waals surface area (Å²) in [5.74, 6) is 8.80. The van der Waals surface area contributed by atoms with E-state index in [4.69, 9.17) is 0 Å². The van der Waals surface area contributed by atoms with E-state index in [0.29, 0.717) is 36.7 Å². The molecule has 140 valence electrons.